The molecule has 0 spiro atoms. The first kappa shape index (κ1) is 26.4. The third-order valence-electron chi connectivity index (χ3n) is 5.29. The summed E-state index contributed by atoms with van der Waals surface area (Å²) in [5.41, 5.74) is 3.32. The van der Waals surface area contributed by atoms with Crippen LogP contribution in [0.4, 0.5) is 5.00 Å². The lowest BCUT2D eigenvalue weighted by Gasteiger charge is -2.16. The Morgan fingerprint density at radius 3 is 2.31 bits per heavy atom. The first-order valence-electron chi connectivity index (χ1n) is 10.9. The molecule has 1 unspecified atom stereocenters. The first-order chi connectivity index (χ1) is 16.7. The minimum Gasteiger partial charge on any atom is -0.493 e. The van der Waals surface area contributed by atoms with Crippen molar-refractivity contribution in [2.45, 2.75) is 33.8 Å². The Bertz CT molecular complexity index is 1220. The van der Waals surface area contributed by atoms with Crippen LogP contribution < -0.4 is 19.5 Å². The molecular formula is C26H28ClNO6S. The van der Waals surface area contributed by atoms with Crippen LogP contribution in [0.25, 0.3) is 11.1 Å². The van der Waals surface area contributed by atoms with Gasteiger partial charge in [-0.2, -0.15) is 0 Å². The van der Waals surface area contributed by atoms with Crippen LogP contribution in [-0.4, -0.2) is 38.8 Å². The van der Waals surface area contributed by atoms with Gasteiger partial charge >= 0.3 is 5.97 Å². The molecule has 0 radical (unpaired) electrons. The molecule has 3 rings (SSSR count). The lowest BCUT2D eigenvalue weighted by molar-refractivity contribution is -0.122. The molecule has 1 heterocycles. The molecule has 3 aromatic rings. The number of hydrogen-bond acceptors (Lipinski definition) is 7. The number of methoxy groups -OCH3 is 2. The van der Waals surface area contributed by atoms with Crippen LogP contribution >= 0.6 is 22.9 Å². The molecule has 1 N–H and O–H groups in total. The Hall–Kier alpha value is -3.23. The first-order valence-corrected chi connectivity index (χ1v) is 12.2. The second-order valence-corrected chi connectivity index (χ2v) is 9.02. The zero-order valence-corrected chi connectivity index (χ0v) is 22.1. The van der Waals surface area contributed by atoms with Crippen molar-refractivity contribution >= 4 is 39.8 Å². The van der Waals surface area contributed by atoms with Gasteiger partial charge in [0.05, 0.1) is 20.8 Å². The van der Waals surface area contributed by atoms with Gasteiger partial charge in [0.25, 0.3) is 5.91 Å². The van der Waals surface area contributed by atoms with E-state index in [9.17, 15) is 9.59 Å². The Kier molecular flexibility index (Phi) is 8.64. The monoisotopic (exact) mass is 517 g/mol. The molecule has 9 heteroatoms. The van der Waals surface area contributed by atoms with E-state index in [2.05, 4.69) is 5.32 Å². The largest absolute Gasteiger partial charge is 0.493 e. The van der Waals surface area contributed by atoms with Crippen LogP contribution in [-0.2, 0) is 9.53 Å². The average Bonchev–Trinajstić information content (AvgIpc) is 3.25. The quantitative estimate of drug-likeness (QED) is 0.336. The Morgan fingerprint density at radius 2 is 1.71 bits per heavy atom. The summed E-state index contributed by atoms with van der Waals surface area (Å²) in [5, 5.41) is 5.65. The number of hydrogen-bond donors (Lipinski definition) is 1. The fourth-order valence-electron chi connectivity index (χ4n) is 3.52. The summed E-state index contributed by atoms with van der Waals surface area (Å²) in [4.78, 5) is 25.9. The Morgan fingerprint density at radius 1 is 1.06 bits per heavy atom. The van der Waals surface area contributed by atoms with Crippen molar-refractivity contribution in [2.75, 3.05) is 26.1 Å². The summed E-state index contributed by atoms with van der Waals surface area (Å²) >= 11 is 7.46. The van der Waals surface area contributed by atoms with Crippen LogP contribution in [0.15, 0.2) is 35.7 Å². The molecule has 2 aromatic carbocycles. The van der Waals surface area contributed by atoms with Crippen LogP contribution in [0, 0.1) is 13.8 Å². The number of benzene rings is 2. The van der Waals surface area contributed by atoms with Crippen molar-refractivity contribution in [1.82, 2.24) is 0 Å². The van der Waals surface area contributed by atoms with E-state index in [4.69, 9.17) is 30.5 Å². The number of carbonyl (C=O) groups excluding carboxylic acids is 2. The second kappa shape index (κ2) is 11.5. The van der Waals surface area contributed by atoms with Gasteiger partial charge in [0.1, 0.15) is 16.3 Å². The average molecular weight is 518 g/mol. The van der Waals surface area contributed by atoms with Gasteiger partial charge in [0, 0.05) is 16.0 Å². The number of nitrogens with one attached hydrogen (secondary N) is 1. The summed E-state index contributed by atoms with van der Waals surface area (Å²) < 4.78 is 21.8. The van der Waals surface area contributed by atoms with Crippen molar-refractivity contribution in [3.8, 4) is 28.4 Å². The van der Waals surface area contributed by atoms with E-state index >= 15 is 0 Å². The summed E-state index contributed by atoms with van der Waals surface area (Å²) in [6, 6.07) is 8.90. The highest BCUT2D eigenvalue weighted by molar-refractivity contribution is 7.15. The third-order valence-corrected chi connectivity index (χ3v) is 6.79. The summed E-state index contributed by atoms with van der Waals surface area (Å²) in [7, 11) is 3.09. The molecule has 0 bridgehead atoms. The number of aryl methyl sites for hydroxylation is 2. The van der Waals surface area contributed by atoms with Crippen molar-refractivity contribution in [2.24, 2.45) is 0 Å². The molecule has 7 nitrogen and oxygen atoms in total. The predicted octanol–water partition coefficient (Wildman–Crippen LogP) is 6.29. The van der Waals surface area contributed by atoms with E-state index in [0.29, 0.717) is 32.8 Å². The number of carbonyl (C=O) groups is 2. The highest BCUT2D eigenvalue weighted by Crippen LogP contribution is 2.39. The molecule has 1 atom stereocenters. The highest BCUT2D eigenvalue weighted by Gasteiger charge is 2.25. The Labute approximate surface area is 213 Å². The summed E-state index contributed by atoms with van der Waals surface area (Å²) in [6.45, 7) is 7.31. The molecule has 0 aliphatic carbocycles. The summed E-state index contributed by atoms with van der Waals surface area (Å²) in [5.74, 6) is 0.686. The van der Waals surface area contributed by atoms with Crippen LogP contribution in [0.2, 0.25) is 5.02 Å². The molecular weight excluding hydrogens is 490 g/mol. The molecule has 35 heavy (non-hydrogen) atoms. The number of esters is 1. The third kappa shape index (κ3) is 5.89. The minimum atomic E-state index is -0.823. The maximum atomic E-state index is 13.0. The van der Waals surface area contributed by atoms with Crippen molar-refractivity contribution in [3.05, 3.63) is 57.4 Å². The van der Waals surface area contributed by atoms with E-state index < -0.39 is 18.0 Å². The van der Waals surface area contributed by atoms with Gasteiger partial charge in [0.2, 0.25) is 0 Å². The SMILES string of the molecule is CCOC(=O)c1c(-c2ccc(OC)c(OC)c2)csc1NC(=O)C(C)Oc1cc(C)c(Cl)c(C)c1. The van der Waals surface area contributed by atoms with Crippen molar-refractivity contribution in [3.63, 3.8) is 0 Å². The zero-order valence-electron chi connectivity index (χ0n) is 20.5. The normalized spacial score (nSPS) is 11.5. The van der Waals surface area contributed by atoms with Gasteiger partial charge in [-0.3, -0.25) is 4.79 Å². The van der Waals surface area contributed by atoms with Crippen molar-refractivity contribution in [1.29, 1.82) is 0 Å². The number of anilines is 1. The van der Waals surface area contributed by atoms with Crippen LogP contribution in [0.1, 0.15) is 35.3 Å². The van der Waals surface area contributed by atoms with Gasteiger partial charge < -0.3 is 24.3 Å². The number of amides is 1. The van der Waals surface area contributed by atoms with E-state index in [1.165, 1.54) is 18.4 Å². The van der Waals surface area contributed by atoms with Crippen molar-refractivity contribution < 1.29 is 28.5 Å². The molecule has 0 aliphatic rings. The van der Waals surface area contributed by atoms with E-state index in [0.717, 1.165) is 16.7 Å². The second-order valence-electron chi connectivity index (χ2n) is 7.76. The molecule has 0 saturated carbocycles. The van der Waals surface area contributed by atoms with E-state index in [-0.39, 0.29) is 12.2 Å². The maximum Gasteiger partial charge on any atom is 0.341 e. The topological polar surface area (TPSA) is 83.1 Å². The van der Waals surface area contributed by atoms with E-state index in [1.54, 1.807) is 50.6 Å². The smallest absolute Gasteiger partial charge is 0.341 e. The number of thiophene rings is 1. The summed E-state index contributed by atoms with van der Waals surface area (Å²) in [6.07, 6.45) is -0.823. The van der Waals surface area contributed by atoms with Gasteiger partial charge in [-0.05, 0) is 68.7 Å². The molecule has 0 fully saturated rings. The Balaban J connectivity index is 1.90. The standard InChI is InChI=1S/C26H28ClNO6S/c1-7-33-26(30)22-19(17-8-9-20(31-5)21(12-17)32-6)13-35-25(22)28-24(29)16(4)34-18-10-14(2)23(27)15(3)11-18/h8-13,16H,7H2,1-6H3,(H,28,29). The molecule has 0 saturated heterocycles. The minimum absolute atomic E-state index is 0.197. The van der Waals surface area contributed by atoms with Gasteiger partial charge in [-0.15, -0.1) is 11.3 Å². The zero-order chi connectivity index (χ0) is 25.7. The molecule has 0 aliphatic heterocycles. The highest BCUT2D eigenvalue weighted by atomic mass is 35.5. The lowest BCUT2D eigenvalue weighted by atomic mass is 10.0. The van der Waals surface area contributed by atoms with Crippen LogP contribution in [0.5, 0.6) is 17.2 Å². The molecule has 1 amide bonds. The fourth-order valence-corrected chi connectivity index (χ4v) is 4.59. The van der Waals surface area contributed by atoms with Crippen LogP contribution in [0.3, 0.4) is 0 Å². The number of rotatable bonds is 9. The van der Waals surface area contributed by atoms with Gasteiger partial charge in [-0.1, -0.05) is 17.7 Å². The van der Waals surface area contributed by atoms with Gasteiger partial charge in [-0.25, -0.2) is 4.79 Å². The molecule has 186 valence electrons. The number of ether oxygens (including phenoxy) is 4. The maximum absolute atomic E-state index is 13.0. The number of halogens is 1. The van der Waals surface area contributed by atoms with E-state index in [1.807, 2.05) is 19.9 Å². The molecule has 1 aromatic heterocycles. The fraction of sp³-hybridized carbons (Fsp3) is 0.308. The van der Waals surface area contributed by atoms with Gasteiger partial charge in [0.15, 0.2) is 17.6 Å². The predicted molar refractivity (Wildman–Crippen MR) is 138 cm³/mol. The lowest BCUT2D eigenvalue weighted by Crippen LogP contribution is -2.30.